The van der Waals surface area contributed by atoms with Crippen LogP contribution in [-0.2, 0) is 4.79 Å². The van der Waals surface area contributed by atoms with Crippen molar-refractivity contribution in [3.63, 3.8) is 0 Å². The summed E-state index contributed by atoms with van der Waals surface area (Å²) in [7, 11) is 0. The van der Waals surface area contributed by atoms with Crippen LogP contribution < -0.4 is 9.64 Å². The van der Waals surface area contributed by atoms with Gasteiger partial charge in [0.1, 0.15) is 0 Å². The van der Waals surface area contributed by atoms with E-state index in [4.69, 9.17) is 4.74 Å². The standard InChI is InChI=1S/C21H18N4O4S/c1-3-16(26)25-15-7-5-4-6-14(15)17-18(22-21(30-2)24-23-17)29-19(25)12-8-10-13(11-9-12)20(27)28/h4-11,19H,3H2,1-2H3,(H,27,28)/t19-/m0/s1. The second-order valence-electron chi connectivity index (χ2n) is 6.48. The molecule has 1 aromatic heterocycles. The Bertz CT molecular complexity index is 1120. The number of hydrogen-bond donors (Lipinski definition) is 1. The first-order chi connectivity index (χ1) is 14.5. The van der Waals surface area contributed by atoms with E-state index in [1.807, 2.05) is 30.5 Å². The lowest BCUT2D eigenvalue weighted by atomic mass is 10.1. The van der Waals surface area contributed by atoms with Crippen LogP contribution in [0.3, 0.4) is 0 Å². The van der Waals surface area contributed by atoms with E-state index >= 15 is 0 Å². The van der Waals surface area contributed by atoms with Crippen molar-refractivity contribution in [2.75, 3.05) is 11.2 Å². The zero-order valence-electron chi connectivity index (χ0n) is 16.3. The molecule has 0 fully saturated rings. The Labute approximate surface area is 176 Å². The zero-order valence-corrected chi connectivity index (χ0v) is 17.1. The fraction of sp³-hybridized carbons (Fsp3) is 0.190. The number of nitrogens with zero attached hydrogens (tertiary/aromatic N) is 4. The van der Waals surface area contributed by atoms with Gasteiger partial charge in [0, 0.05) is 17.5 Å². The number of ether oxygens (including phenoxy) is 1. The van der Waals surface area contributed by atoms with Crippen LogP contribution in [0.4, 0.5) is 5.69 Å². The van der Waals surface area contributed by atoms with Gasteiger partial charge in [-0.15, -0.1) is 10.2 Å². The lowest BCUT2D eigenvalue weighted by molar-refractivity contribution is -0.120. The Balaban J connectivity index is 1.93. The number of thioether (sulfide) groups is 1. The predicted octanol–water partition coefficient (Wildman–Crippen LogP) is 3.79. The SMILES string of the molecule is CCC(=O)N1c2ccccc2-c2nnc(SC)nc2O[C@H]1c1ccc(C(=O)O)cc1. The van der Waals surface area contributed by atoms with Gasteiger partial charge in [-0.2, -0.15) is 4.98 Å². The van der Waals surface area contributed by atoms with E-state index in [1.165, 1.54) is 23.9 Å². The summed E-state index contributed by atoms with van der Waals surface area (Å²) >= 11 is 1.33. The maximum Gasteiger partial charge on any atom is 0.335 e. The molecule has 1 aliphatic rings. The summed E-state index contributed by atoms with van der Waals surface area (Å²) in [6.07, 6.45) is 1.25. The van der Waals surface area contributed by atoms with Crippen LogP contribution in [-0.4, -0.2) is 38.4 Å². The summed E-state index contributed by atoms with van der Waals surface area (Å²) < 4.78 is 6.23. The van der Waals surface area contributed by atoms with Gasteiger partial charge in [0.05, 0.1) is 11.3 Å². The number of carboxylic acids is 1. The number of benzene rings is 2. The smallest absolute Gasteiger partial charge is 0.335 e. The fourth-order valence-corrected chi connectivity index (χ4v) is 3.54. The van der Waals surface area contributed by atoms with Crippen LogP contribution in [0.5, 0.6) is 5.88 Å². The molecule has 0 saturated heterocycles. The molecular formula is C21H18N4O4S. The molecule has 1 aliphatic heterocycles. The normalized spacial score (nSPS) is 14.9. The summed E-state index contributed by atoms with van der Waals surface area (Å²) in [6, 6.07) is 13.6. The van der Waals surface area contributed by atoms with Crippen molar-refractivity contribution >= 4 is 29.3 Å². The summed E-state index contributed by atoms with van der Waals surface area (Å²) in [4.78, 5) is 30.3. The molecule has 1 amide bonds. The second-order valence-corrected chi connectivity index (χ2v) is 7.26. The van der Waals surface area contributed by atoms with E-state index in [-0.39, 0.29) is 23.8 Å². The Hall–Kier alpha value is -3.46. The average molecular weight is 422 g/mol. The topological polar surface area (TPSA) is 106 Å². The minimum Gasteiger partial charge on any atom is -0.478 e. The van der Waals surface area contributed by atoms with Gasteiger partial charge in [0.25, 0.3) is 0 Å². The van der Waals surface area contributed by atoms with Crippen LogP contribution in [0.1, 0.15) is 35.5 Å². The van der Waals surface area contributed by atoms with Crippen LogP contribution in [0.2, 0.25) is 0 Å². The first-order valence-corrected chi connectivity index (χ1v) is 10.5. The number of hydrogen-bond acceptors (Lipinski definition) is 7. The van der Waals surface area contributed by atoms with Crippen molar-refractivity contribution < 1.29 is 19.4 Å². The number of carboxylic acid groups (broad SMARTS) is 1. The number of aromatic carboxylic acids is 1. The van der Waals surface area contributed by atoms with Gasteiger partial charge in [0.2, 0.25) is 23.2 Å². The molecule has 9 heteroatoms. The van der Waals surface area contributed by atoms with E-state index in [9.17, 15) is 14.7 Å². The van der Waals surface area contributed by atoms with Crippen LogP contribution in [0.25, 0.3) is 11.3 Å². The molecule has 1 atom stereocenters. The first-order valence-electron chi connectivity index (χ1n) is 9.23. The van der Waals surface area contributed by atoms with Crippen molar-refractivity contribution in [3.8, 4) is 17.1 Å². The van der Waals surface area contributed by atoms with Gasteiger partial charge < -0.3 is 9.84 Å². The van der Waals surface area contributed by atoms with Crippen molar-refractivity contribution in [1.29, 1.82) is 0 Å². The van der Waals surface area contributed by atoms with Crippen LogP contribution >= 0.6 is 11.8 Å². The van der Waals surface area contributed by atoms with Gasteiger partial charge in [-0.3, -0.25) is 9.69 Å². The number of para-hydroxylation sites is 1. The van der Waals surface area contributed by atoms with Crippen LogP contribution in [0, 0.1) is 0 Å². The van der Waals surface area contributed by atoms with Gasteiger partial charge >= 0.3 is 5.97 Å². The summed E-state index contributed by atoms with van der Waals surface area (Å²) in [5.74, 6) is -0.914. The third-order valence-electron chi connectivity index (χ3n) is 4.71. The molecule has 30 heavy (non-hydrogen) atoms. The molecule has 152 valence electrons. The molecule has 3 aromatic rings. The third kappa shape index (κ3) is 3.48. The third-order valence-corrected chi connectivity index (χ3v) is 5.25. The van der Waals surface area contributed by atoms with Crippen LogP contribution in [0.15, 0.2) is 53.7 Å². The second kappa shape index (κ2) is 8.11. The zero-order chi connectivity index (χ0) is 21.3. The highest BCUT2D eigenvalue weighted by Gasteiger charge is 2.35. The number of carbonyl (C=O) groups excluding carboxylic acids is 1. The molecule has 0 saturated carbocycles. The van der Waals surface area contributed by atoms with Gasteiger partial charge in [0.15, 0.2) is 5.69 Å². The molecule has 0 bridgehead atoms. The molecule has 1 N–H and O–H groups in total. The van der Waals surface area contributed by atoms with Crippen molar-refractivity contribution in [2.45, 2.75) is 24.7 Å². The Kier molecular flexibility index (Phi) is 5.37. The van der Waals surface area contributed by atoms with Gasteiger partial charge in [-0.25, -0.2) is 4.79 Å². The highest BCUT2D eigenvalue weighted by atomic mass is 32.2. The summed E-state index contributed by atoms with van der Waals surface area (Å²) in [5.41, 5.74) is 2.53. The Morgan fingerprint density at radius 1 is 1.13 bits per heavy atom. The number of carbonyl (C=O) groups is 2. The number of aromatic nitrogens is 3. The van der Waals surface area contributed by atoms with Gasteiger partial charge in [-0.05, 0) is 24.5 Å². The lowest BCUT2D eigenvalue weighted by Gasteiger charge is -2.30. The fourth-order valence-electron chi connectivity index (χ4n) is 3.25. The van der Waals surface area contributed by atoms with E-state index in [0.717, 1.165) is 0 Å². The number of anilines is 1. The van der Waals surface area contributed by atoms with E-state index in [1.54, 1.807) is 24.0 Å². The van der Waals surface area contributed by atoms with Crippen molar-refractivity contribution in [3.05, 3.63) is 59.7 Å². The molecule has 0 aliphatic carbocycles. The molecule has 0 radical (unpaired) electrons. The highest BCUT2D eigenvalue weighted by molar-refractivity contribution is 7.98. The average Bonchev–Trinajstić information content (AvgIpc) is 2.92. The lowest BCUT2D eigenvalue weighted by Crippen LogP contribution is -2.37. The molecule has 0 unspecified atom stereocenters. The number of rotatable bonds is 4. The molecule has 2 heterocycles. The number of amides is 1. The maximum atomic E-state index is 13.0. The highest BCUT2D eigenvalue weighted by Crippen LogP contribution is 2.43. The molecular weight excluding hydrogens is 404 g/mol. The van der Waals surface area contributed by atoms with Gasteiger partial charge in [-0.1, -0.05) is 49.0 Å². The van der Waals surface area contributed by atoms with E-state index in [0.29, 0.717) is 27.7 Å². The minimum atomic E-state index is -1.03. The molecule has 4 rings (SSSR count). The molecule has 2 aromatic carbocycles. The Morgan fingerprint density at radius 2 is 1.87 bits per heavy atom. The van der Waals surface area contributed by atoms with Crippen molar-refractivity contribution in [2.24, 2.45) is 0 Å². The van der Waals surface area contributed by atoms with Crippen molar-refractivity contribution in [1.82, 2.24) is 15.2 Å². The number of fused-ring (bicyclic) bond motifs is 3. The monoisotopic (exact) mass is 422 g/mol. The summed E-state index contributed by atoms with van der Waals surface area (Å²) in [5, 5.41) is 18.1. The van der Waals surface area contributed by atoms with E-state index in [2.05, 4.69) is 15.2 Å². The predicted molar refractivity (Wildman–Crippen MR) is 112 cm³/mol. The van der Waals surface area contributed by atoms with E-state index < -0.39 is 12.2 Å². The molecule has 8 nitrogen and oxygen atoms in total. The minimum absolute atomic E-state index is 0.148. The Morgan fingerprint density at radius 3 is 2.53 bits per heavy atom. The summed E-state index contributed by atoms with van der Waals surface area (Å²) in [6.45, 7) is 1.78. The quantitative estimate of drug-likeness (QED) is 0.633. The largest absolute Gasteiger partial charge is 0.478 e. The molecule has 0 spiro atoms. The maximum absolute atomic E-state index is 13.0. The first kappa shape index (κ1) is 19.8.